The number of benzene rings is 2. The lowest BCUT2D eigenvalue weighted by Gasteiger charge is -2.16. The molecule has 0 aromatic heterocycles. The SMILES string of the molecule is CCCCOC(=O)c1cccc(N2C(=O)C(Cl)=C(Nc3cccc(C(=O)OC)c3)C2=O)c1. The summed E-state index contributed by atoms with van der Waals surface area (Å²) < 4.78 is 9.87. The number of esters is 2. The maximum absolute atomic E-state index is 13.0. The number of nitrogens with zero attached hydrogens (tertiary/aromatic N) is 1. The van der Waals surface area contributed by atoms with Crippen molar-refractivity contribution in [2.24, 2.45) is 0 Å². The number of hydrogen-bond donors (Lipinski definition) is 1. The van der Waals surface area contributed by atoms with E-state index in [0.717, 1.165) is 17.7 Å². The first-order chi connectivity index (χ1) is 15.4. The van der Waals surface area contributed by atoms with E-state index < -0.39 is 23.8 Å². The van der Waals surface area contributed by atoms with Gasteiger partial charge in [-0.1, -0.05) is 37.1 Å². The van der Waals surface area contributed by atoms with Crippen LogP contribution in [-0.4, -0.2) is 37.5 Å². The van der Waals surface area contributed by atoms with E-state index in [4.69, 9.17) is 16.3 Å². The van der Waals surface area contributed by atoms with Gasteiger partial charge in [0.15, 0.2) is 0 Å². The van der Waals surface area contributed by atoms with Crippen molar-refractivity contribution < 1.29 is 28.7 Å². The maximum Gasteiger partial charge on any atom is 0.338 e. The number of carbonyl (C=O) groups excluding carboxylic acids is 4. The molecule has 0 bridgehead atoms. The second-order valence-corrected chi connectivity index (χ2v) is 7.25. The molecular weight excluding hydrogens is 436 g/mol. The van der Waals surface area contributed by atoms with Crippen molar-refractivity contribution in [1.29, 1.82) is 0 Å². The molecule has 2 aromatic carbocycles. The van der Waals surface area contributed by atoms with Gasteiger partial charge in [-0.2, -0.15) is 0 Å². The van der Waals surface area contributed by atoms with E-state index in [1.54, 1.807) is 24.3 Å². The molecule has 0 atom stereocenters. The van der Waals surface area contributed by atoms with Crippen LogP contribution in [0.4, 0.5) is 11.4 Å². The van der Waals surface area contributed by atoms with Gasteiger partial charge >= 0.3 is 11.9 Å². The van der Waals surface area contributed by atoms with Gasteiger partial charge in [0.1, 0.15) is 10.7 Å². The maximum atomic E-state index is 13.0. The summed E-state index contributed by atoms with van der Waals surface area (Å²) in [5.41, 5.74) is 0.884. The number of halogens is 1. The van der Waals surface area contributed by atoms with Gasteiger partial charge in [0, 0.05) is 5.69 Å². The summed E-state index contributed by atoms with van der Waals surface area (Å²) >= 11 is 6.16. The van der Waals surface area contributed by atoms with Crippen molar-refractivity contribution in [3.05, 3.63) is 70.4 Å². The van der Waals surface area contributed by atoms with Gasteiger partial charge in [-0.05, 0) is 42.8 Å². The first-order valence-electron chi connectivity index (χ1n) is 9.88. The van der Waals surface area contributed by atoms with Crippen LogP contribution in [0.1, 0.15) is 40.5 Å². The Labute approximate surface area is 189 Å². The zero-order valence-electron chi connectivity index (χ0n) is 17.5. The van der Waals surface area contributed by atoms with Crippen LogP contribution in [0.2, 0.25) is 0 Å². The molecule has 2 aromatic rings. The fourth-order valence-corrected chi connectivity index (χ4v) is 3.21. The second kappa shape index (κ2) is 10.1. The number of unbranched alkanes of at least 4 members (excludes halogenated alkanes) is 1. The van der Waals surface area contributed by atoms with Crippen molar-refractivity contribution in [3.8, 4) is 0 Å². The highest BCUT2D eigenvalue weighted by Gasteiger charge is 2.39. The van der Waals surface area contributed by atoms with Crippen LogP contribution in [0.3, 0.4) is 0 Å². The third-order valence-electron chi connectivity index (χ3n) is 4.65. The molecule has 0 fully saturated rings. The molecule has 0 saturated heterocycles. The van der Waals surface area contributed by atoms with Crippen molar-refractivity contribution in [1.82, 2.24) is 0 Å². The van der Waals surface area contributed by atoms with E-state index in [0.29, 0.717) is 5.69 Å². The minimum atomic E-state index is -0.736. The molecule has 32 heavy (non-hydrogen) atoms. The number of rotatable bonds is 8. The molecule has 9 heteroatoms. The Bertz CT molecular complexity index is 1110. The average Bonchev–Trinajstić information content (AvgIpc) is 3.02. The third-order valence-corrected chi connectivity index (χ3v) is 5.00. The molecule has 1 heterocycles. The van der Waals surface area contributed by atoms with Gasteiger partial charge in [0.25, 0.3) is 11.8 Å². The van der Waals surface area contributed by atoms with Crippen molar-refractivity contribution in [2.45, 2.75) is 19.8 Å². The van der Waals surface area contributed by atoms with Crippen LogP contribution in [0.25, 0.3) is 0 Å². The number of amides is 2. The Hall–Kier alpha value is -3.65. The van der Waals surface area contributed by atoms with Gasteiger partial charge in [0.2, 0.25) is 0 Å². The van der Waals surface area contributed by atoms with E-state index >= 15 is 0 Å². The molecule has 0 saturated carbocycles. The van der Waals surface area contributed by atoms with E-state index in [9.17, 15) is 19.2 Å². The molecule has 1 aliphatic heterocycles. The molecule has 0 radical (unpaired) electrons. The Balaban J connectivity index is 1.82. The summed E-state index contributed by atoms with van der Waals surface area (Å²) in [7, 11) is 1.26. The fourth-order valence-electron chi connectivity index (χ4n) is 3.00. The standard InChI is InChI=1S/C23H21ClN2O6/c1-3-4-11-32-23(30)15-8-6-10-17(13-15)26-20(27)18(24)19(21(26)28)25-16-9-5-7-14(12-16)22(29)31-2/h5-10,12-13,25H,3-4,11H2,1-2H3. The summed E-state index contributed by atoms with van der Waals surface area (Å²) in [6, 6.07) is 12.2. The van der Waals surface area contributed by atoms with Gasteiger partial charge in [-0.3, -0.25) is 9.59 Å². The quantitative estimate of drug-likeness (QED) is 0.365. The van der Waals surface area contributed by atoms with E-state index in [1.165, 1.54) is 31.4 Å². The predicted molar refractivity (Wildman–Crippen MR) is 118 cm³/mol. The van der Waals surface area contributed by atoms with Gasteiger partial charge < -0.3 is 14.8 Å². The number of methoxy groups -OCH3 is 1. The smallest absolute Gasteiger partial charge is 0.338 e. The first kappa shape index (κ1) is 23.0. The summed E-state index contributed by atoms with van der Waals surface area (Å²) in [5.74, 6) is -2.52. The Morgan fingerprint density at radius 3 is 2.38 bits per heavy atom. The third kappa shape index (κ3) is 4.81. The van der Waals surface area contributed by atoms with Crippen molar-refractivity contribution in [3.63, 3.8) is 0 Å². The number of nitrogens with one attached hydrogen (secondary N) is 1. The zero-order valence-corrected chi connectivity index (χ0v) is 18.3. The summed E-state index contributed by atoms with van der Waals surface area (Å²) in [5, 5.41) is 2.49. The lowest BCUT2D eigenvalue weighted by atomic mass is 10.2. The largest absolute Gasteiger partial charge is 0.465 e. The lowest BCUT2D eigenvalue weighted by Crippen LogP contribution is -2.32. The topological polar surface area (TPSA) is 102 Å². The van der Waals surface area contributed by atoms with Crippen LogP contribution < -0.4 is 10.2 Å². The monoisotopic (exact) mass is 456 g/mol. The van der Waals surface area contributed by atoms with Crippen molar-refractivity contribution >= 4 is 46.7 Å². The van der Waals surface area contributed by atoms with E-state index in [1.807, 2.05) is 6.92 Å². The number of carbonyl (C=O) groups is 4. The van der Waals surface area contributed by atoms with Gasteiger partial charge in [0.05, 0.1) is 30.5 Å². The Morgan fingerprint density at radius 1 is 1.00 bits per heavy atom. The zero-order chi connectivity index (χ0) is 23.3. The summed E-state index contributed by atoms with van der Waals surface area (Å²) in [4.78, 5) is 50.5. The van der Waals surface area contributed by atoms with Crippen molar-refractivity contribution in [2.75, 3.05) is 23.9 Å². The highest BCUT2D eigenvalue weighted by atomic mass is 35.5. The minimum Gasteiger partial charge on any atom is -0.465 e. The Morgan fingerprint density at radius 2 is 1.69 bits per heavy atom. The highest BCUT2D eigenvalue weighted by molar-refractivity contribution is 6.53. The van der Waals surface area contributed by atoms with E-state index in [-0.39, 0.29) is 34.2 Å². The minimum absolute atomic E-state index is 0.144. The lowest BCUT2D eigenvalue weighted by molar-refractivity contribution is -0.120. The number of anilines is 2. The fraction of sp³-hybridized carbons (Fsp3) is 0.217. The molecule has 3 rings (SSSR count). The predicted octanol–water partition coefficient (Wildman–Crippen LogP) is 3.87. The van der Waals surface area contributed by atoms with Crippen LogP contribution >= 0.6 is 11.6 Å². The van der Waals surface area contributed by atoms with Crippen LogP contribution in [0, 0.1) is 0 Å². The van der Waals surface area contributed by atoms with E-state index in [2.05, 4.69) is 10.1 Å². The number of ether oxygens (including phenoxy) is 2. The Kier molecular flexibility index (Phi) is 7.27. The molecule has 166 valence electrons. The molecule has 0 unspecified atom stereocenters. The summed E-state index contributed by atoms with van der Waals surface area (Å²) in [6.07, 6.45) is 1.62. The van der Waals surface area contributed by atoms with Crippen LogP contribution in [-0.2, 0) is 19.1 Å². The molecule has 1 N–H and O–H groups in total. The molecule has 2 amide bonds. The number of hydrogen-bond acceptors (Lipinski definition) is 7. The normalized spacial score (nSPS) is 13.4. The summed E-state index contributed by atoms with van der Waals surface area (Å²) in [6.45, 7) is 2.26. The van der Waals surface area contributed by atoms with Crippen LogP contribution in [0.5, 0.6) is 0 Å². The average molecular weight is 457 g/mol. The highest BCUT2D eigenvalue weighted by Crippen LogP contribution is 2.31. The van der Waals surface area contributed by atoms with Gasteiger partial charge in [-0.25, -0.2) is 14.5 Å². The first-order valence-corrected chi connectivity index (χ1v) is 10.3. The molecular formula is C23H21ClN2O6. The molecule has 0 spiro atoms. The molecule has 0 aliphatic carbocycles. The number of imide groups is 1. The molecule has 8 nitrogen and oxygen atoms in total. The van der Waals surface area contributed by atoms with Gasteiger partial charge in [-0.15, -0.1) is 0 Å². The second-order valence-electron chi connectivity index (χ2n) is 6.87. The molecule has 1 aliphatic rings. The van der Waals surface area contributed by atoms with Crippen LogP contribution in [0.15, 0.2) is 59.3 Å².